The van der Waals surface area contributed by atoms with Crippen molar-refractivity contribution in [1.29, 1.82) is 0 Å². The summed E-state index contributed by atoms with van der Waals surface area (Å²) >= 11 is 0. The highest BCUT2D eigenvalue weighted by atomic mass is 16.1. The third-order valence-corrected chi connectivity index (χ3v) is 5.02. The van der Waals surface area contributed by atoms with E-state index in [-0.39, 0.29) is 5.91 Å². The summed E-state index contributed by atoms with van der Waals surface area (Å²) in [5, 5.41) is 6.75. The van der Waals surface area contributed by atoms with Gasteiger partial charge in [0.05, 0.1) is 0 Å². The van der Waals surface area contributed by atoms with Gasteiger partial charge in [-0.25, -0.2) is 0 Å². The molecule has 0 saturated carbocycles. The van der Waals surface area contributed by atoms with Gasteiger partial charge in [-0.1, -0.05) is 37.3 Å². The van der Waals surface area contributed by atoms with Crippen molar-refractivity contribution in [1.82, 2.24) is 10.6 Å². The molecule has 0 spiro atoms. The molecule has 21 heavy (non-hydrogen) atoms. The maximum absolute atomic E-state index is 12.1. The van der Waals surface area contributed by atoms with Crippen LogP contribution in [-0.4, -0.2) is 24.5 Å². The van der Waals surface area contributed by atoms with Gasteiger partial charge in [0.2, 0.25) is 5.91 Å². The molecule has 2 N–H and O–H groups in total. The minimum atomic E-state index is 0.226. The molecule has 3 atom stereocenters. The van der Waals surface area contributed by atoms with Gasteiger partial charge in [-0.15, -0.1) is 0 Å². The van der Waals surface area contributed by atoms with Crippen LogP contribution in [0.4, 0.5) is 0 Å². The largest absolute Gasteiger partial charge is 0.355 e. The third-order valence-electron chi connectivity index (χ3n) is 5.02. The molecule has 114 valence electrons. The van der Waals surface area contributed by atoms with Gasteiger partial charge >= 0.3 is 0 Å². The molecule has 1 amide bonds. The molecule has 2 aliphatic rings. The fourth-order valence-electron chi connectivity index (χ4n) is 3.84. The zero-order valence-electron chi connectivity index (χ0n) is 12.8. The molecule has 2 fully saturated rings. The van der Waals surface area contributed by atoms with Crippen LogP contribution >= 0.6 is 0 Å². The van der Waals surface area contributed by atoms with Crippen molar-refractivity contribution in [2.24, 2.45) is 5.92 Å². The number of carbonyl (C=O) groups excluding carboxylic acids is 1. The standard InChI is InChI=1S/C18H26N2O/c1-13(15-5-3-2-4-6-15)12-19-18(21)11-14-9-16-7-8-17(10-14)20-16/h2-6,13-14,16-17,20H,7-12H2,1H3,(H,19,21). The lowest BCUT2D eigenvalue weighted by Crippen LogP contribution is -2.40. The number of carbonyl (C=O) groups is 1. The summed E-state index contributed by atoms with van der Waals surface area (Å²) in [4.78, 5) is 12.1. The van der Waals surface area contributed by atoms with Crippen LogP contribution in [0.25, 0.3) is 0 Å². The average Bonchev–Trinajstić information content (AvgIpc) is 2.84. The highest BCUT2D eigenvalue weighted by molar-refractivity contribution is 5.76. The van der Waals surface area contributed by atoms with Gasteiger partial charge in [0.25, 0.3) is 0 Å². The van der Waals surface area contributed by atoms with Gasteiger partial charge in [-0.2, -0.15) is 0 Å². The fraction of sp³-hybridized carbons (Fsp3) is 0.611. The third kappa shape index (κ3) is 3.85. The Morgan fingerprint density at radius 3 is 2.57 bits per heavy atom. The Labute approximate surface area is 127 Å². The van der Waals surface area contributed by atoms with E-state index < -0.39 is 0 Å². The normalized spacial score (nSPS) is 29.1. The molecule has 0 aromatic heterocycles. The highest BCUT2D eigenvalue weighted by Gasteiger charge is 2.34. The van der Waals surface area contributed by atoms with E-state index in [0.717, 1.165) is 6.54 Å². The van der Waals surface area contributed by atoms with Gasteiger partial charge < -0.3 is 10.6 Å². The van der Waals surface area contributed by atoms with Crippen LogP contribution in [-0.2, 0) is 4.79 Å². The molecule has 2 bridgehead atoms. The van der Waals surface area contributed by atoms with Gasteiger partial charge in [0.15, 0.2) is 0 Å². The van der Waals surface area contributed by atoms with Gasteiger partial charge in [-0.05, 0) is 43.1 Å². The predicted molar refractivity (Wildman–Crippen MR) is 85.2 cm³/mol. The van der Waals surface area contributed by atoms with E-state index in [0.29, 0.717) is 30.3 Å². The summed E-state index contributed by atoms with van der Waals surface area (Å²) in [6.45, 7) is 2.90. The Morgan fingerprint density at radius 2 is 1.90 bits per heavy atom. The van der Waals surface area contributed by atoms with Crippen LogP contribution in [0.3, 0.4) is 0 Å². The molecule has 2 saturated heterocycles. The number of hydrogen-bond donors (Lipinski definition) is 2. The maximum atomic E-state index is 12.1. The minimum absolute atomic E-state index is 0.226. The zero-order valence-corrected chi connectivity index (χ0v) is 12.8. The first-order chi connectivity index (χ1) is 10.2. The lowest BCUT2D eigenvalue weighted by atomic mass is 9.89. The Morgan fingerprint density at radius 1 is 1.24 bits per heavy atom. The number of nitrogens with one attached hydrogen (secondary N) is 2. The van der Waals surface area contributed by atoms with E-state index in [1.165, 1.54) is 31.2 Å². The van der Waals surface area contributed by atoms with E-state index >= 15 is 0 Å². The summed E-state index contributed by atoms with van der Waals surface area (Å²) in [5.74, 6) is 1.18. The highest BCUT2D eigenvalue weighted by Crippen LogP contribution is 2.32. The number of fused-ring (bicyclic) bond motifs is 2. The van der Waals surface area contributed by atoms with Crippen molar-refractivity contribution < 1.29 is 4.79 Å². The number of amides is 1. The first-order valence-electron chi connectivity index (χ1n) is 8.28. The van der Waals surface area contributed by atoms with E-state index in [2.05, 4.69) is 41.8 Å². The second-order valence-electron chi connectivity index (χ2n) is 6.80. The van der Waals surface area contributed by atoms with Crippen molar-refractivity contribution in [3.63, 3.8) is 0 Å². The quantitative estimate of drug-likeness (QED) is 0.874. The van der Waals surface area contributed by atoms with E-state index in [1.807, 2.05) is 6.07 Å². The van der Waals surface area contributed by atoms with Crippen LogP contribution < -0.4 is 10.6 Å². The number of rotatable bonds is 5. The Bertz CT molecular complexity index is 461. The van der Waals surface area contributed by atoms with Crippen LogP contribution in [0.1, 0.15) is 50.5 Å². The second-order valence-corrected chi connectivity index (χ2v) is 6.80. The molecular formula is C18H26N2O. The predicted octanol–water partition coefficient (Wildman–Crippen LogP) is 2.83. The molecule has 2 aliphatic heterocycles. The van der Waals surface area contributed by atoms with Crippen molar-refractivity contribution in [3.8, 4) is 0 Å². The van der Waals surface area contributed by atoms with E-state index in [1.54, 1.807) is 0 Å². The molecule has 1 aromatic carbocycles. The number of piperidine rings is 1. The SMILES string of the molecule is CC(CNC(=O)CC1CC2CCC(C1)N2)c1ccccc1. The fourth-order valence-corrected chi connectivity index (χ4v) is 3.84. The number of benzene rings is 1. The molecule has 3 heteroatoms. The lowest BCUT2D eigenvalue weighted by molar-refractivity contribution is -0.122. The van der Waals surface area contributed by atoms with Gasteiger partial charge in [-0.3, -0.25) is 4.79 Å². The van der Waals surface area contributed by atoms with Gasteiger partial charge in [0, 0.05) is 25.0 Å². The number of hydrogen-bond acceptors (Lipinski definition) is 2. The monoisotopic (exact) mass is 286 g/mol. The smallest absolute Gasteiger partial charge is 0.220 e. The molecule has 0 radical (unpaired) electrons. The molecule has 0 aliphatic carbocycles. The van der Waals surface area contributed by atoms with Gasteiger partial charge in [0.1, 0.15) is 0 Å². The zero-order chi connectivity index (χ0) is 14.7. The van der Waals surface area contributed by atoms with E-state index in [4.69, 9.17) is 0 Å². The maximum Gasteiger partial charge on any atom is 0.220 e. The van der Waals surface area contributed by atoms with E-state index in [9.17, 15) is 4.79 Å². The van der Waals surface area contributed by atoms with Crippen LogP contribution in [0.2, 0.25) is 0 Å². The topological polar surface area (TPSA) is 41.1 Å². The molecule has 1 aromatic rings. The van der Waals surface area contributed by atoms with Crippen molar-refractivity contribution in [2.45, 2.75) is 57.0 Å². The van der Waals surface area contributed by atoms with Crippen molar-refractivity contribution in [2.75, 3.05) is 6.54 Å². The minimum Gasteiger partial charge on any atom is -0.355 e. The summed E-state index contributed by atoms with van der Waals surface area (Å²) in [6, 6.07) is 11.7. The molecule has 2 heterocycles. The first-order valence-corrected chi connectivity index (χ1v) is 8.28. The summed E-state index contributed by atoms with van der Waals surface area (Å²) in [5.41, 5.74) is 1.29. The average molecular weight is 286 g/mol. The van der Waals surface area contributed by atoms with Crippen LogP contribution in [0.5, 0.6) is 0 Å². The second kappa shape index (κ2) is 6.61. The Kier molecular flexibility index (Phi) is 4.59. The van der Waals surface area contributed by atoms with Crippen LogP contribution in [0.15, 0.2) is 30.3 Å². The Hall–Kier alpha value is -1.35. The molecule has 3 nitrogen and oxygen atoms in total. The lowest BCUT2D eigenvalue weighted by Gasteiger charge is -2.28. The first kappa shape index (κ1) is 14.6. The summed E-state index contributed by atoms with van der Waals surface area (Å²) in [7, 11) is 0. The molecular weight excluding hydrogens is 260 g/mol. The summed E-state index contributed by atoms with van der Waals surface area (Å²) in [6.07, 6.45) is 5.66. The Balaban J connectivity index is 1.42. The molecule has 3 unspecified atom stereocenters. The van der Waals surface area contributed by atoms with Crippen molar-refractivity contribution in [3.05, 3.63) is 35.9 Å². The van der Waals surface area contributed by atoms with Crippen LogP contribution in [0, 0.1) is 5.92 Å². The molecule has 3 rings (SSSR count). The van der Waals surface area contributed by atoms with Crippen molar-refractivity contribution >= 4 is 5.91 Å². The summed E-state index contributed by atoms with van der Waals surface area (Å²) < 4.78 is 0.